The fourth-order valence-electron chi connectivity index (χ4n) is 9.71. The molecule has 0 aliphatic heterocycles. The first-order valence-electron chi connectivity index (χ1n) is 34.3. The number of rotatable bonds is 62. The van der Waals surface area contributed by atoms with Gasteiger partial charge in [-0.15, -0.1) is 0 Å². The number of carbonyl (C=O) groups is 1. The third-order valence-corrected chi connectivity index (χ3v) is 16.0. The number of quaternary nitrogens is 1. The Kier molecular flexibility index (Phi) is 60.5. The lowest BCUT2D eigenvalue weighted by Gasteiger charge is -2.25. The van der Waals surface area contributed by atoms with Crippen molar-refractivity contribution in [1.29, 1.82) is 0 Å². The van der Waals surface area contributed by atoms with Crippen molar-refractivity contribution in [2.75, 3.05) is 40.9 Å². The molecular weight excluding hydrogens is 1030 g/mol. The van der Waals surface area contributed by atoms with E-state index in [0.717, 1.165) is 89.9 Å². The van der Waals surface area contributed by atoms with Gasteiger partial charge in [0.2, 0.25) is 5.91 Å². The number of amides is 1. The molecule has 0 aromatic heterocycles. The van der Waals surface area contributed by atoms with Gasteiger partial charge in [-0.05, 0) is 83.5 Å². The lowest BCUT2D eigenvalue weighted by atomic mass is 10.0. The van der Waals surface area contributed by atoms with Gasteiger partial charge in [-0.3, -0.25) is 13.8 Å². The van der Waals surface area contributed by atoms with Crippen LogP contribution in [0.3, 0.4) is 0 Å². The fourth-order valence-corrected chi connectivity index (χ4v) is 10.4. The van der Waals surface area contributed by atoms with Crippen LogP contribution in [0.15, 0.2) is 109 Å². The highest BCUT2D eigenvalue weighted by atomic mass is 31.2. The lowest BCUT2D eigenvalue weighted by Crippen LogP contribution is -2.45. The molecule has 1 amide bonds. The topological polar surface area (TPSA) is 105 Å². The molecule has 0 aliphatic carbocycles. The largest absolute Gasteiger partial charge is 0.472 e. The SMILES string of the molecule is CC/C=C\C/C=C\C/C=C\C/C=C\C/C=C\C/C=C\C/C=C\C/C=C\CCCCCCCCCCCCCCCCCCC(=O)NC(COP(=O)(O)OCC[N+](C)(C)C)C(O)/C=C/CCCCCCCCCCCCCCCCCCC. The molecule has 0 aromatic carbocycles. The summed E-state index contributed by atoms with van der Waals surface area (Å²) in [5.74, 6) is -0.177. The Hall–Kier alpha value is -2.84. The molecule has 3 atom stereocenters. The van der Waals surface area contributed by atoms with Gasteiger partial charge in [0.25, 0.3) is 0 Å². The standard InChI is InChI=1S/C73H131N2O6P/c1-6-8-10-12-14-16-18-20-22-24-26-27-28-29-30-31-32-33-34-35-36-37-38-39-40-41-42-43-44-45-46-47-49-51-53-55-57-59-61-63-65-67-73(77)74-71(70-81-82(78,79)80-69-68-75(3,4)5)72(76)66-64-62-60-58-56-54-52-50-48-25-23-21-19-17-15-13-11-9-7-2/h8,10,14,16,20,22,26-27,29-30,32-33,35-36,38-39,64,66,71-72,76H,6-7,9,11-13,15,17-19,21,23-25,28,31,34,37,40-63,65,67-70H2,1-5H3,(H-,74,77,78,79)/p+1/b10-8-,16-14-,22-20-,27-26-,30-29-,33-32-,36-35-,39-38-,66-64+. The smallest absolute Gasteiger partial charge is 0.387 e. The first kappa shape index (κ1) is 79.2. The molecule has 0 bridgehead atoms. The second kappa shape index (κ2) is 62.7. The minimum atomic E-state index is -4.35. The van der Waals surface area contributed by atoms with Crippen molar-refractivity contribution in [1.82, 2.24) is 5.32 Å². The molecule has 82 heavy (non-hydrogen) atoms. The molecule has 0 fully saturated rings. The van der Waals surface area contributed by atoms with E-state index in [-0.39, 0.29) is 19.1 Å². The molecule has 0 heterocycles. The van der Waals surface area contributed by atoms with Crippen LogP contribution in [-0.2, 0) is 18.4 Å². The van der Waals surface area contributed by atoms with Crippen molar-refractivity contribution < 1.29 is 32.9 Å². The normalized spacial score (nSPS) is 14.4. The van der Waals surface area contributed by atoms with E-state index in [4.69, 9.17) is 9.05 Å². The van der Waals surface area contributed by atoms with E-state index in [1.807, 2.05) is 27.2 Å². The van der Waals surface area contributed by atoms with Crippen LogP contribution in [0, 0.1) is 0 Å². The second-order valence-corrected chi connectivity index (χ2v) is 25.6. The zero-order valence-electron chi connectivity index (χ0n) is 54.2. The van der Waals surface area contributed by atoms with E-state index in [9.17, 15) is 19.4 Å². The van der Waals surface area contributed by atoms with Crippen molar-refractivity contribution in [2.45, 2.75) is 309 Å². The number of phosphoric acid groups is 1. The average molecular weight is 1160 g/mol. The van der Waals surface area contributed by atoms with E-state index >= 15 is 0 Å². The second-order valence-electron chi connectivity index (χ2n) is 24.2. The number of nitrogens with zero attached hydrogens (tertiary/aromatic N) is 1. The summed E-state index contributed by atoms with van der Waals surface area (Å²) in [7, 11) is 1.57. The number of unbranched alkanes of at least 4 members (excludes halogenated alkanes) is 33. The van der Waals surface area contributed by atoms with E-state index in [2.05, 4.69) is 116 Å². The Morgan fingerprint density at radius 2 is 0.732 bits per heavy atom. The Bertz CT molecular complexity index is 1700. The van der Waals surface area contributed by atoms with E-state index in [1.54, 1.807) is 6.08 Å². The third-order valence-electron chi connectivity index (χ3n) is 15.0. The molecule has 0 radical (unpaired) electrons. The number of carbonyl (C=O) groups excluding carboxylic acids is 1. The minimum absolute atomic E-state index is 0.0593. The fraction of sp³-hybridized carbons (Fsp3) is 0.740. The zero-order chi connectivity index (χ0) is 59.8. The molecule has 0 spiro atoms. The van der Waals surface area contributed by atoms with Crippen LogP contribution in [0.2, 0.25) is 0 Å². The van der Waals surface area contributed by atoms with Gasteiger partial charge in [-0.1, -0.05) is 316 Å². The first-order chi connectivity index (χ1) is 40.0. The Morgan fingerprint density at radius 3 is 1.07 bits per heavy atom. The summed E-state index contributed by atoms with van der Waals surface area (Å²) in [6.07, 6.45) is 92.2. The summed E-state index contributed by atoms with van der Waals surface area (Å²) in [6.45, 7) is 4.72. The molecule has 3 unspecified atom stereocenters. The molecular formula is C73H132N2O6P+. The Balaban J connectivity index is 4.02. The number of allylic oxidation sites excluding steroid dienone is 17. The van der Waals surface area contributed by atoms with Crippen molar-refractivity contribution >= 4 is 13.7 Å². The summed E-state index contributed by atoms with van der Waals surface area (Å²) >= 11 is 0. The van der Waals surface area contributed by atoms with Crippen LogP contribution in [0.4, 0.5) is 0 Å². The molecule has 9 heteroatoms. The molecule has 0 aliphatic rings. The first-order valence-corrected chi connectivity index (χ1v) is 35.8. The number of phosphoric ester groups is 1. The molecule has 3 N–H and O–H groups in total. The maximum Gasteiger partial charge on any atom is 0.472 e. The van der Waals surface area contributed by atoms with Crippen molar-refractivity contribution in [3.63, 3.8) is 0 Å². The highest BCUT2D eigenvalue weighted by Gasteiger charge is 2.28. The predicted molar refractivity (Wildman–Crippen MR) is 359 cm³/mol. The molecule has 0 aromatic rings. The van der Waals surface area contributed by atoms with Gasteiger partial charge < -0.3 is 19.8 Å². The lowest BCUT2D eigenvalue weighted by molar-refractivity contribution is -0.870. The summed E-state index contributed by atoms with van der Waals surface area (Å²) in [5.41, 5.74) is 0. The predicted octanol–water partition coefficient (Wildman–Crippen LogP) is 21.9. The summed E-state index contributed by atoms with van der Waals surface area (Å²) in [6, 6.07) is -0.852. The van der Waals surface area contributed by atoms with Crippen molar-refractivity contribution in [3.8, 4) is 0 Å². The maximum atomic E-state index is 13.0. The van der Waals surface area contributed by atoms with E-state index in [0.29, 0.717) is 17.4 Å². The number of nitrogens with one attached hydrogen (secondary N) is 1. The van der Waals surface area contributed by atoms with Gasteiger partial charge in [0.05, 0.1) is 39.9 Å². The summed E-state index contributed by atoms with van der Waals surface area (Å²) < 4.78 is 23.8. The van der Waals surface area contributed by atoms with Crippen LogP contribution >= 0.6 is 7.82 Å². The quantitative estimate of drug-likeness (QED) is 0.0243. The van der Waals surface area contributed by atoms with Crippen LogP contribution in [0.1, 0.15) is 296 Å². The van der Waals surface area contributed by atoms with Gasteiger partial charge in [0.15, 0.2) is 0 Å². The van der Waals surface area contributed by atoms with E-state index < -0.39 is 20.0 Å². The van der Waals surface area contributed by atoms with Gasteiger partial charge in [-0.25, -0.2) is 4.57 Å². The highest BCUT2D eigenvalue weighted by Crippen LogP contribution is 2.43. The van der Waals surface area contributed by atoms with Gasteiger partial charge in [0.1, 0.15) is 13.2 Å². The van der Waals surface area contributed by atoms with Crippen molar-refractivity contribution in [3.05, 3.63) is 109 Å². The molecule has 0 rings (SSSR count). The minimum Gasteiger partial charge on any atom is -0.387 e. The third kappa shape index (κ3) is 64.7. The average Bonchev–Trinajstić information content (AvgIpc) is 3.47. The molecule has 8 nitrogen and oxygen atoms in total. The number of aliphatic hydroxyl groups excluding tert-OH is 1. The van der Waals surface area contributed by atoms with Crippen molar-refractivity contribution in [2.24, 2.45) is 0 Å². The number of hydrogen-bond acceptors (Lipinski definition) is 5. The van der Waals surface area contributed by atoms with Gasteiger partial charge in [0, 0.05) is 6.42 Å². The van der Waals surface area contributed by atoms with Gasteiger partial charge in [-0.2, -0.15) is 0 Å². The molecule has 474 valence electrons. The van der Waals surface area contributed by atoms with Gasteiger partial charge >= 0.3 is 7.82 Å². The number of likely N-dealkylation sites (N-methyl/N-ethyl adjacent to an activating group) is 1. The van der Waals surface area contributed by atoms with Crippen LogP contribution < -0.4 is 5.32 Å². The molecule has 0 saturated carbocycles. The van der Waals surface area contributed by atoms with Crippen LogP contribution in [-0.4, -0.2) is 73.4 Å². The Morgan fingerprint density at radius 1 is 0.427 bits per heavy atom. The molecule has 0 saturated heterocycles. The summed E-state index contributed by atoms with van der Waals surface area (Å²) in [4.78, 5) is 23.4. The number of hydrogen-bond donors (Lipinski definition) is 3. The summed E-state index contributed by atoms with van der Waals surface area (Å²) in [5, 5.41) is 14.0. The van der Waals surface area contributed by atoms with Crippen LogP contribution in [0.5, 0.6) is 0 Å². The highest BCUT2D eigenvalue weighted by molar-refractivity contribution is 7.47. The van der Waals surface area contributed by atoms with Crippen LogP contribution in [0.25, 0.3) is 0 Å². The Labute approximate surface area is 508 Å². The zero-order valence-corrected chi connectivity index (χ0v) is 55.1. The number of aliphatic hydroxyl groups is 1. The maximum absolute atomic E-state index is 13.0. The van der Waals surface area contributed by atoms with E-state index in [1.165, 1.54) is 186 Å². The monoisotopic (exact) mass is 1160 g/mol.